The van der Waals surface area contributed by atoms with Crippen LogP contribution < -0.4 is 0 Å². The standard InChI is InChI=1S/C26H26N2O5/c1-17-23(20-10-6-7-11-21(20)27-24(17)18-8-4-3-5-9-18)26(31)33-16-22(29)28-14-12-19(13-15-28)25(30)32-2/h3-11,19H,12-16H2,1-2H3. The van der Waals surface area contributed by atoms with E-state index in [0.29, 0.717) is 53.7 Å². The first-order valence-corrected chi connectivity index (χ1v) is 11.0. The number of carbonyl (C=O) groups excluding carboxylic acids is 3. The maximum absolute atomic E-state index is 13.1. The molecular weight excluding hydrogens is 420 g/mol. The van der Waals surface area contributed by atoms with Gasteiger partial charge in [-0.1, -0.05) is 48.5 Å². The lowest BCUT2D eigenvalue weighted by atomic mass is 9.97. The second kappa shape index (κ2) is 9.81. The number of aromatic nitrogens is 1. The normalized spacial score (nSPS) is 14.2. The first-order chi connectivity index (χ1) is 16.0. The number of fused-ring (bicyclic) bond motifs is 1. The van der Waals surface area contributed by atoms with E-state index < -0.39 is 5.97 Å². The van der Waals surface area contributed by atoms with Crippen LogP contribution in [-0.2, 0) is 19.1 Å². The molecule has 7 nitrogen and oxygen atoms in total. The molecule has 170 valence electrons. The van der Waals surface area contributed by atoms with Crippen molar-refractivity contribution >= 4 is 28.7 Å². The minimum absolute atomic E-state index is 0.191. The van der Waals surface area contributed by atoms with E-state index in [0.717, 1.165) is 5.56 Å². The summed E-state index contributed by atoms with van der Waals surface area (Å²) in [5.74, 6) is -1.27. The molecule has 0 atom stereocenters. The van der Waals surface area contributed by atoms with E-state index in [2.05, 4.69) is 0 Å². The molecule has 0 saturated carbocycles. The van der Waals surface area contributed by atoms with Crippen LogP contribution in [-0.4, -0.2) is 54.5 Å². The van der Waals surface area contributed by atoms with E-state index in [1.165, 1.54) is 7.11 Å². The van der Waals surface area contributed by atoms with Crippen molar-refractivity contribution < 1.29 is 23.9 Å². The first kappa shape index (κ1) is 22.5. The highest BCUT2D eigenvalue weighted by atomic mass is 16.5. The predicted molar refractivity (Wildman–Crippen MR) is 124 cm³/mol. The van der Waals surface area contributed by atoms with E-state index in [4.69, 9.17) is 14.5 Å². The average Bonchev–Trinajstić information content (AvgIpc) is 2.86. The van der Waals surface area contributed by atoms with Crippen LogP contribution >= 0.6 is 0 Å². The molecule has 0 aliphatic carbocycles. The summed E-state index contributed by atoms with van der Waals surface area (Å²) < 4.78 is 10.3. The number of esters is 2. The lowest BCUT2D eigenvalue weighted by Gasteiger charge is -2.30. The highest BCUT2D eigenvalue weighted by molar-refractivity contribution is 6.06. The van der Waals surface area contributed by atoms with Crippen LogP contribution in [0.1, 0.15) is 28.8 Å². The fourth-order valence-electron chi connectivity index (χ4n) is 4.27. The SMILES string of the molecule is COC(=O)C1CCN(C(=O)COC(=O)c2c(C)c(-c3ccccc3)nc3ccccc23)CC1. The van der Waals surface area contributed by atoms with Gasteiger partial charge in [0.2, 0.25) is 0 Å². The number of hydrogen-bond acceptors (Lipinski definition) is 6. The summed E-state index contributed by atoms with van der Waals surface area (Å²) in [5, 5.41) is 0.686. The molecule has 1 aliphatic heterocycles. The molecule has 7 heteroatoms. The number of para-hydroxylation sites is 1. The Morgan fingerprint density at radius 1 is 1.00 bits per heavy atom. The van der Waals surface area contributed by atoms with Crippen LogP contribution in [0.3, 0.4) is 0 Å². The van der Waals surface area contributed by atoms with Crippen LogP contribution in [0.5, 0.6) is 0 Å². The average molecular weight is 447 g/mol. The van der Waals surface area contributed by atoms with Gasteiger partial charge in [0, 0.05) is 24.0 Å². The molecule has 0 spiro atoms. The van der Waals surface area contributed by atoms with Crippen molar-refractivity contribution in [3.8, 4) is 11.3 Å². The fourth-order valence-corrected chi connectivity index (χ4v) is 4.27. The minimum Gasteiger partial charge on any atom is -0.469 e. The number of hydrogen-bond donors (Lipinski definition) is 0. The molecule has 1 fully saturated rings. The van der Waals surface area contributed by atoms with E-state index in [-0.39, 0.29) is 24.4 Å². The maximum Gasteiger partial charge on any atom is 0.339 e. The third-order valence-corrected chi connectivity index (χ3v) is 6.10. The Kier molecular flexibility index (Phi) is 6.68. The summed E-state index contributed by atoms with van der Waals surface area (Å²) in [6.45, 7) is 2.37. The molecule has 0 radical (unpaired) electrons. The Balaban J connectivity index is 1.52. The number of rotatable bonds is 5. The van der Waals surface area contributed by atoms with E-state index >= 15 is 0 Å². The monoisotopic (exact) mass is 446 g/mol. The second-order valence-electron chi connectivity index (χ2n) is 8.10. The smallest absolute Gasteiger partial charge is 0.339 e. The number of likely N-dealkylation sites (tertiary alicyclic amines) is 1. The summed E-state index contributed by atoms with van der Waals surface area (Å²) in [5.41, 5.74) is 3.41. The topological polar surface area (TPSA) is 85.8 Å². The van der Waals surface area contributed by atoms with E-state index in [9.17, 15) is 14.4 Å². The van der Waals surface area contributed by atoms with Crippen molar-refractivity contribution in [2.75, 3.05) is 26.8 Å². The second-order valence-corrected chi connectivity index (χ2v) is 8.10. The highest BCUT2D eigenvalue weighted by Crippen LogP contribution is 2.30. The third kappa shape index (κ3) is 4.72. The fraction of sp³-hybridized carbons (Fsp3) is 0.308. The van der Waals surface area contributed by atoms with Crippen molar-refractivity contribution in [1.82, 2.24) is 9.88 Å². The van der Waals surface area contributed by atoms with Crippen molar-refractivity contribution in [2.24, 2.45) is 5.92 Å². The van der Waals surface area contributed by atoms with Gasteiger partial charge in [-0.3, -0.25) is 9.59 Å². The molecule has 2 aromatic carbocycles. The number of methoxy groups -OCH3 is 1. The van der Waals surface area contributed by atoms with Crippen LogP contribution in [0.15, 0.2) is 54.6 Å². The Morgan fingerprint density at radius 3 is 2.36 bits per heavy atom. The van der Waals surface area contributed by atoms with Crippen LogP contribution in [0.2, 0.25) is 0 Å². The van der Waals surface area contributed by atoms with Crippen molar-refractivity contribution in [3.63, 3.8) is 0 Å². The van der Waals surface area contributed by atoms with Crippen LogP contribution in [0.25, 0.3) is 22.2 Å². The molecule has 0 bridgehead atoms. The molecule has 1 aromatic heterocycles. The van der Waals surface area contributed by atoms with Gasteiger partial charge in [0.15, 0.2) is 6.61 Å². The quantitative estimate of drug-likeness (QED) is 0.555. The summed E-state index contributed by atoms with van der Waals surface area (Å²) in [4.78, 5) is 43.9. The molecule has 33 heavy (non-hydrogen) atoms. The number of piperidine rings is 1. The summed E-state index contributed by atoms with van der Waals surface area (Å²) in [6.07, 6.45) is 1.09. The molecular formula is C26H26N2O5. The van der Waals surface area contributed by atoms with E-state index in [1.54, 1.807) is 4.90 Å². The Hall–Kier alpha value is -3.74. The molecule has 0 unspecified atom stereocenters. The van der Waals surface area contributed by atoms with Crippen molar-refractivity contribution in [1.29, 1.82) is 0 Å². The molecule has 1 amide bonds. The van der Waals surface area contributed by atoms with Gasteiger partial charge in [0.25, 0.3) is 5.91 Å². The Morgan fingerprint density at radius 2 is 1.67 bits per heavy atom. The number of pyridine rings is 1. The van der Waals surface area contributed by atoms with Crippen LogP contribution in [0.4, 0.5) is 0 Å². The van der Waals surface area contributed by atoms with Crippen molar-refractivity contribution in [3.05, 3.63) is 65.7 Å². The van der Waals surface area contributed by atoms with Gasteiger partial charge in [-0.15, -0.1) is 0 Å². The number of carbonyl (C=O) groups is 3. The largest absolute Gasteiger partial charge is 0.469 e. The first-order valence-electron chi connectivity index (χ1n) is 11.0. The van der Waals surface area contributed by atoms with Gasteiger partial charge < -0.3 is 14.4 Å². The number of amides is 1. The van der Waals surface area contributed by atoms with Crippen LogP contribution in [0, 0.1) is 12.8 Å². The van der Waals surface area contributed by atoms with E-state index in [1.807, 2.05) is 61.5 Å². The number of benzene rings is 2. The van der Waals surface area contributed by atoms with Gasteiger partial charge in [-0.25, -0.2) is 9.78 Å². The molecule has 0 N–H and O–H groups in total. The van der Waals surface area contributed by atoms with Gasteiger partial charge >= 0.3 is 11.9 Å². The minimum atomic E-state index is -0.555. The lowest BCUT2D eigenvalue weighted by molar-refractivity contribution is -0.149. The Bertz CT molecular complexity index is 1180. The van der Waals surface area contributed by atoms with Gasteiger partial charge in [0.05, 0.1) is 29.8 Å². The zero-order valence-electron chi connectivity index (χ0n) is 18.7. The number of nitrogens with zero attached hydrogens (tertiary/aromatic N) is 2. The van der Waals surface area contributed by atoms with Gasteiger partial charge in [-0.05, 0) is 31.4 Å². The Labute approximate surface area is 192 Å². The molecule has 1 saturated heterocycles. The summed E-state index contributed by atoms with van der Waals surface area (Å²) in [7, 11) is 1.37. The molecule has 3 aromatic rings. The maximum atomic E-state index is 13.1. The number of ether oxygens (including phenoxy) is 2. The zero-order chi connectivity index (χ0) is 23.4. The van der Waals surface area contributed by atoms with Gasteiger partial charge in [0.1, 0.15) is 0 Å². The lowest BCUT2D eigenvalue weighted by Crippen LogP contribution is -2.42. The summed E-state index contributed by atoms with van der Waals surface area (Å²) in [6, 6.07) is 17.1. The van der Waals surface area contributed by atoms with Crippen molar-refractivity contribution in [2.45, 2.75) is 19.8 Å². The molecule has 1 aliphatic rings. The third-order valence-electron chi connectivity index (χ3n) is 6.10. The zero-order valence-corrected chi connectivity index (χ0v) is 18.7. The molecule has 2 heterocycles. The molecule has 4 rings (SSSR count). The summed E-state index contributed by atoms with van der Waals surface area (Å²) >= 11 is 0. The van der Waals surface area contributed by atoms with Gasteiger partial charge in [-0.2, -0.15) is 0 Å². The predicted octanol–water partition coefficient (Wildman–Crippen LogP) is 3.78. The highest BCUT2D eigenvalue weighted by Gasteiger charge is 2.28.